The van der Waals surface area contributed by atoms with Gasteiger partial charge in [-0.2, -0.15) is 0 Å². The standard InChI is InChI=1S/C18H22N2O5/c1-25-11-10-19(18(23)24)12-6-8-13(9-7-12)20-16(21)14-4-2-3-5-15(14)17(20)22/h2-5,12-13H,6-11H2,1H3,(H,23,24). The molecule has 7 nitrogen and oxygen atoms in total. The van der Waals surface area contributed by atoms with Crippen LogP contribution in [0.4, 0.5) is 4.79 Å². The predicted molar refractivity (Wildman–Crippen MR) is 89.6 cm³/mol. The minimum Gasteiger partial charge on any atom is -0.465 e. The number of methoxy groups -OCH3 is 1. The van der Waals surface area contributed by atoms with E-state index in [4.69, 9.17) is 4.74 Å². The van der Waals surface area contributed by atoms with Gasteiger partial charge in [-0.05, 0) is 37.8 Å². The topological polar surface area (TPSA) is 87.2 Å². The third-order valence-corrected chi connectivity index (χ3v) is 5.08. The zero-order valence-electron chi connectivity index (χ0n) is 14.2. The van der Waals surface area contributed by atoms with E-state index in [1.54, 1.807) is 31.4 Å². The highest BCUT2D eigenvalue weighted by Gasteiger charge is 2.41. The lowest BCUT2D eigenvalue weighted by Crippen LogP contribution is -2.48. The summed E-state index contributed by atoms with van der Waals surface area (Å²) in [7, 11) is 1.54. The first kappa shape index (κ1) is 17.4. The number of rotatable bonds is 5. The molecule has 0 radical (unpaired) electrons. The molecule has 3 rings (SSSR count). The number of fused-ring (bicyclic) bond motifs is 1. The highest BCUT2D eigenvalue weighted by atomic mass is 16.5. The molecule has 1 saturated carbocycles. The van der Waals surface area contributed by atoms with Crippen molar-refractivity contribution in [2.24, 2.45) is 0 Å². The van der Waals surface area contributed by atoms with Gasteiger partial charge in [0.05, 0.1) is 17.7 Å². The number of carbonyl (C=O) groups is 3. The van der Waals surface area contributed by atoms with Gasteiger partial charge in [0.25, 0.3) is 11.8 Å². The van der Waals surface area contributed by atoms with E-state index in [1.165, 1.54) is 9.80 Å². The number of carbonyl (C=O) groups excluding carboxylic acids is 2. The van der Waals surface area contributed by atoms with Crippen molar-refractivity contribution < 1.29 is 24.2 Å². The van der Waals surface area contributed by atoms with Gasteiger partial charge in [-0.25, -0.2) is 4.79 Å². The molecule has 0 aromatic heterocycles. The Morgan fingerprint density at radius 3 is 2.20 bits per heavy atom. The lowest BCUT2D eigenvalue weighted by atomic mass is 9.89. The quantitative estimate of drug-likeness (QED) is 0.826. The fourth-order valence-electron chi connectivity index (χ4n) is 3.79. The van der Waals surface area contributed by atoms with Gasteiger partial charge in [-0.3, -0.25) is 14.5 Å². The molecule has 3 amide bonds. The largest absolute Gasteiger partial charge is 0.465 e. The van der Waals surface area contributed by atoms with Crippen molar-refractivity contribution in [3.8, 4) is 0 Å². The number of hydrogen-bond acceptors (Lipinski definition) is 4. The minimum atomic E-state index is -0.957. The SMILES string of the molecule is COCCN(C(=O)O)C1CCC(N2C(=O)c3ccccc3C2=O)CC1. The molecule has 1 fully saturated rings. The van der Waals surface area contributed by atoms with Gasteiger partial charge in [0, 0.05) is 25.7 Å². The Balaban J connectivity index is 1.66. The molecule has 0 atom stereocenters. The molecule has 1 N–H and O–H groups in total. The molecular formula is C18H22N2O5. The summed E-state index contributed by atoms with van der Waals surface area (Å²) in [6.45, 7) is 0.679. The first-order valence-electron chi connectivity index (χ1n) is 8.50. The fourth-order valence-corrected chi connectivity index (χ4v) is 3.79. The summed E-state index contributed by atoms with van der Waals surface area (Å²) >= 11 is 0. The van der Waals surface area contributed by atoms with Crippen LogP contribution in [0.3, 0.4) is 0 Å². The summed E-state index contributed by atoms with van der Waals surface area (Å²) < 4.78 is 4.98. The Kier molecular flexibility index (Phi) is 5.03. The first-order valence-corrected chi connectivity index (χ1v) is 8.50. The Morgan fingerprint density at radius 1 is 1.16 bits per heavy atom. The summed E-state index contributed by atoms with van der Waals surface area (Å²) in [5, 5.41) is 9.38. The smallest absolute Gasteiger partial charge is 0.407 e. The van der Waals surface area contributed by atoms with Crippen molar-refractivity contribution in [1.82, 2.24) is 9.80 Å². The third-order valence-electron chi connectivity index (χ3n) is 5.08. The zero-order valence-corrected chi connectivity index (χ0v) is 14.2. The molecule has 1 aliphatic carbocycles. The number of nitrogens with zero attached hydrogens (tertiary/aromatic N) is 2. The maximum absolute atomic E-state index is 12.6. The van der Waals surface area contributed by atoms with E-state index in [0.717, 1.165) is 0 Å². The van der Waals surface area contributed by atoms with Crippen molar-refractivity contribution in [1.29, 1.82) is 0 Å². The van der Waals surface area contributed by atoms with Crippen LogP contribution >= 0.6 is 0 Å². The Labute approximate surface area is 146 Å². The van der Waals surface area contributed by atoms with Crippen LogP contribution in [0.15, 0.2) is 24.3 Å². The maximum Gasteiger partial charge on any atom is 0.407 e. The molecule has 1 heterocycles. The van der Waals surface area contributed by atoms with E-state index >= 15 is 0 Å². The average Bonchev–Trinajstić information content (AvgIpc) is 2.87. The number of ether oxygens (including phenoxy) is 1. The molecule has 0 unspecified atom stereocenters. The second kappa shape index (κ2) is 7.23. The van der Waals surface area contributed by atoms with Crippen molar-refractivity contribution in [3.05, 3.63) is 35.4 Å². The van der Waals surface area contributed by atoms with E-state index < -0.39 is 6.09 Å². The number of benzene rings is 1. The molecule has 0 spiro atoms. The third kappa shape index (κ3) is 3.24. The van der Waals surface area contributed by atoms with Crippen molar-refractivity contribution in [3.63, 3.8) is 0 Å². The zero-order chi connectivity index (χ0) is 18.0. The van der Waals surface area contributed by atoms with Crippen LogP contribution in [0.1, 0.15) is 46.4 Å². The molecule has 25 heavy (non-hydrogen) atoms. The van der Waals surface area contributed by atoms with Crippen LogP contribution < -0.4 is 0 Å². The number of hydrogen-bond donors (Lipinski definition) is 1. The minimum absolute atomic E-state index is 0.0981. The Morgan fingerprint density at radius 2 is 1.72 bits per heavy atom. The average molecular weight is 346 g/mol. The lowest BCUT2D eigenvalue weighted by Gasteiger charge is -2.37. The van der Waals surface area contributed by atoms with Crippen LogP contribution in [-0.2, 0) is 4.74 Å². The van der Waals surface area contributed by atoms with E-state index in [1.807, 2.05) is 0 Å². The fraction of sp³-hybridized carbons (Fsp3) is 0.500. The van der Waals surface area contributed by atoms with E-state index in [2.05, 4.69) is 0 Å². The van der Waals surface area contributed by atoms with Gasteiger partial charge in [0.15, 0.2) is 0 Å². The van der Waals surface area contributed by atoms with Gasteiger partial charge in [-0.1, -0.05) is 12.1 Å². The van der Waals surface area contributed by atoms with Gasteiger partial charge in [0.2, 0.25) is 0 Å². The van der Waals surface area contributed by atoms with E-state index in [0.29, 0.717) is 50.0 Å². The van der Waals surface area contributed by atoms with E-state index in [-0.39, 0.29) is 23.9 Å². The Bertz CT molecular complexity index is 647. The summed E-state index contributed by atoms with van der Waals surface area (Å²) in [4.78, 5) is 39.3. The molecule has 0 bridgehead atoms. The van der Waals surface area contributed by atoms with Crippen LogP contribution in [0, 0.1) is 0 Å². The van der Waals surface area contributed by atoms with Crippen molar-refractivity contribution >= 4 is 17.9 Å². The highest BCUT2D eigenvalue weighted by Crippen LogP contribution is 2.32. The van der Waals surface area contributed by atoms with E-state index in [9.17, 15) is 19.5 Å². The van der Waals surface area contributed by atoms with Crippen LogP contribution in [0.5, 0.6) is 0 Å². The van der Waals surface area contributed by atoms with Gasteiger partial charge >= 0.3 is 6.09 Å². The molecular weight excluding hydrogens is 324 g/mol. The predicted octanol–water partition coefficient (Wildman–Crippen LogP) is 2.22. The number of carboxylic acid groups (broad SMARTS) is 1. The summed E-state index contributed by atoms with van der Waals surface area (Å²) in [5.74, 6) is -0.475. The summed E-state index contributed by atoms with van der Waals surface area (Å²) in [6, 6.07) is 6.60. The lowest BCUT2D eigenvalue weighted by molar-refractivity contribution is 0.0465. The molecule has 1 aromatic rings. The van der Waals surface area contributed by atoms with Crippen LogP contribution in [0.2, 0.25) is 0 Å². The van der Waals surface area contributed by atoms with Crippen molar-refractivity contribution in [2.75, 3.05) is 20.3 Å². The van der Waals surface area contributed by atoms with Crippen LogP contribution in [0.25, 0.3) is 0 Å². The first-order chi connectivity index (χ1) is 12.0. The Hall–Kier alpha value is -2.41. The highest BCUT2D eigenvalue weighted by molar-refractivity contribution is 6.21. The number of imide groups is 1. The second-order valence-corrected chi connectivity index (χ2v) is 6.46. The molecule has 2 aliphatic rings. The summed E-state index contributed by atoms with van der Waals surface area (Å²) in [6.07, 6.45) is 1.54. The monoisotopic (exact) mass is 346 g/mol. The van der Waals surface area contributed by atoms with Gasteiger partial charge in [0.1, 0.15) is 0 Å². The van der Waals surface area contributed by atoms with Gasteiger partial charge < -0.3 is 14.7 Å². The van der Waals surface area contributed by atoms with Gasteiger partial charge in [-0.15, -0.1) is 0 Å². The maximum atomic E-state index is 12.6. The van der Waals surface area contributed by atoms with Crippen LogP contribution in [-0.4, -0.2) is 65.2 Å². The molecule has 0 saturated heterocycles. The molecule has 1 aromatic carbocycles. The normalized spacial score (nSPS) is 22.8. The molecule has 1 aliphatic heterocycles. The second-order valence-electron chi connectivity index (χ2n) is 6.46. The molecule has 134 valence electrons. The summed E-state index contributed by atoms with van der Waals surface area (Å²) in [5.41, 5.74) is 0.920. The van der Waals surface area contributed by atoms with Crippen molar-refractivity contribution in [2.45, 2.75) is 37.8 Å². The molecule has 7 heteroatoms. The number of amides is 3.